The predicted octanol–water partition coefficient (Wildman–Crippen LogP) is 2.19. The topological polar surface area (TPSA) is 75.9 Å². The SMILES string of the molecule is c1cc(Cn2cccn2)cc(N2C[C@@H]3C[C@H]2CN3c2ncnc3nsnc23)c1. The zero-order chi connectivity index (χ0) is 18.5. The third kappa shape index (κ3) is 2.54. The van der Waals surface area contributed by atoms with Crippen LogP contribution in [0.1, 0.15) is 12.0 Å². The molecule has 2 bridgehead atoms. The summed E-state index contributed by atoms with van der Waals surface area (Å²) in [6.45, 7) is 2.75. The number of piperazine rings is 1. The number of fused-ring (bicyclic) bond motifs is 3. The summed E-state index contributed by atoms with van der Waals surface area (Å²) in [4.78, 5) is 13.7. The summed E-state index contributed by atoms with van der Waals surface area (Å²) < 4.78 is 10.6. The minimum atomic E-state index is 0.444. The lowest BCUT2D eigenvalue weighted by atomic mass is 10.1. The molecule has 2 saturated heterocycles. The van der Waals surface area contributed by atoms with E-state index in [1.54, 1.807) is 6.33 Å². The first-order valence-corrected chi connectivity index (χ1v) is 10.1. The standard InChI is InChI=1S/C19H18N8S/c1-3-13(9-25-6-2-5-22-25)7-14(4-1)26-10-16-8-15(26)11-27(16)19-17-18(20-12-21-19)24-28-23-17/h1-7,12,15-16H,8-11H2/t15-,16-/m0/s1. The summed E-state index contributed by atoms with van der Waals surface area (Å²) in [5.74, 6) is 0.929. The van der Waals surface area contributed by atoms with Crippen LogP contribution in [-0.4, -0.2) is 53.7 Å². The van der Waals surface area contributed by atoms with Crippen molar-refractivity contribution in [3.63, 3.8) is 0 Å². The van der Waals surface area contributed by atoms with Crippen molar-refractivity contribution in [3.8, 4) is 0 Å². The van der Waals surface area contributed by atoms with Crippen molar-refractivity contribution in [2.45, 2.75) is 25.0 Å². The Balaban J connectivity index is 1.24. The Morgan fingerprint density at radius 2 is 1.96 bits per heavy atom. The third-order valence-corrected chi connectivity index (χ3v) is 6.22. The fourth-order valence-corrected chi connectivity index (χ4v) is 4.97. The van der Waals surface area contributed by atoms with E-state index in [2.05, 4.69) is 57.9 Å². The number of hydrogen-bond donors (Lipinski definition) is 0. The van der Waals surface area contributed by atoms with Crippen molar-refractivity contribution >= 4 is 34.4 Å². The predicted molar refractivity (Wildman–Crippen MR) is 108 cm³/mol. The molecule has 0 amide bonds. The Morgan fingerprint density at radius 3 is 2.82 bits per heavy atom. The molecule has 4 aromatic rings. The molecule has 2 fully saturated rings. The van der Waals surface area contributed by atoms with Gasteiger partial charge in [0, 0.05) is 37.2 Å². The van der Waals surface area contributed by atoms with Crippen LogP contribution >= 0.6 is 11.7 Å². The first-order chi connectivity index (χ1) is 13.8. The second-order valence-electron chi connectivity index (χ2n) is 7.36. The average molecular weight is 390 g/mol. The summed E-state index contributed by atoms with van der Waals surface area (Å²) in [5, 5.41) is 4.31. The molecule has 0 radical (unpaired) electrons. The van der Waals surface area contributed by atoms with E-state index in [9.17, 15) is 0 Å². The summed E-state index contributed by atoms with van der Waals surface area (Å²) in [5.41, 5.74) is 4.08. The van der Waals surface area contributed by atoms with Crippen LogP contribution in [0.4, 0.5) is 11.5 Å². The van der Waals surface area contributed by atoms with Crippen LogP contribution in [0.5, 0.6) is 0 Å². The van der Waals surface area contributed by atoms with E-state index in [-0.39, 0.29) is 0 Å². The smallest absolute Gasteiger partial charge is 0.198 e. The highest BCUT2D eigenvalue weighted by Crippen LogP contribution is 2.38. The largest absolute Gasteiger partial charge is 0.365 e. The lowest BCUT2D eigenvalue weighted by Gasteiger charge is -2.36. The van der Waals surface area contributed by atoms with Crippen molar-refractivity contribution in [2.24, 2.45) is 0 Å². The van der Waals surface area contributed by atoms with Crippen molar-refractivity contribution in [1.29, 1.82) is 0 Å². The summed E-state index contributed by atoms with van der Waals surface area (Å²) in [6.07, 6.45) is 6.56. The van der Waals surface area contributed by atoms with Crippen molar-refractivity contribution in [2.75, 3.05) is 22.9 Å². The molecule has 3 aromatic heterocycles. The lowest BCUT2D eigenvalue weighted by Crippen LogP contribution is -2.47. The number of nitrogens with zero attached hydrogens (tertiary/aromatic N) is 8. The third-order valence-electron chi connectivity index (χ3n) is 5.70. The number of rotatable bonds is 4. The van der Waals surface area contributed by atoms with Gasteiger partial charge in [-0.25, -0.2) is 9.97 Å². The number of aromatic nitrogens is 6. The van der Waals surface area contributed by atoms with Gasteiger partial charge in [-0.1, -0.05) is 12.1 Å². The molecule has 0 N–H and O–H groups in total. The monoisotopic (exact) mass is 390 g/mol. The molecule has 140 valence electrons. The summed E-state index contributed by atoms with van der Waals surface area (Å²) >= 11 is 1.20. The Kier molecular flexibility index (Phi) is 3.55. The van der Waals surface area contributed by atoms with E-state index in [0.29, 0.717) is 17.7 Å². The molecule has 8 nitrogen and oxygen atoms in total. The number of anilines is 2. The van der Waals surface area contributed by atoms with E-state index < -0.39 is 0 Å². The van der Waals surface area contributed by atoms with Gasteiger partial charge in [-0.3, -0.25) is 4.68 Å². The second-order valence-corrected chi connectivity index (χ2v) is 7.88. The minimum Gasteiger partial charge on any atom is -0.365 e. The molecule has 1 aromatic carbocycles. The zero-order valence-electron chi connectivity index (χ0n) is 15.1. The average Bonchev–Trinajstić information content (AvgIpc) is 3.51. The molecule has 28 heavy (non-hydrogen) atoms. The van der Waals surface area contributed by atoms with Crippen LogP contribution in [0.15, 0.2) is 49.1 Å². The Bertz CT molecular complexity index is 1120. The van der Waals surface area contributed by atoms with Crippen LogP contribution in [0.25, 0.3) is 11.2 Å². The zero-order valence-corrected chi connectivity index (χ0v) is 15.9. The molecule has 2 aliphatic heterocycles. The van der Waals surface area contributed by atoms with Crippen molar-refractivity contribution in [3.05, 3.63) is 54.6 Å². The van der Waals surface area contributed by atoms with Gasteiger partial charge in [0.15, 0.2) is 17.0 Å². The second kappa shape index (κ2) is 6.23. The molecule has 0 aliphatic carbocycles. The van der Waals surface area contributed by atoms with Gasteiger partial charge in [0.05, 0.1) is 24.3 Å². The normalized spacial score (nSPS) is 21.1. The quantitative estimate of drug-likeness (QED) is 0.529. The molecule has 2 atom stereocenters. The van der Waals surface area contributed by atoms with Gasteiger partial charge in [0.25, 0.3) is 0 Å². The molecule has 2 aliphatic rings. The van der Waals surface area contributed by atoms with Gasteiger partial charge in [-0.2, -0.15) is 13.8 Å². The maximum absolute atomic E-state index is 4.52. The maximum Gasteiger partial charge on any atom is 0.198 e. The van der Waals surface area contributed by atoms with Crippen LogP contribution in [-0.2, 0) is 6.54 Å². The summed E-state index contributed by atoms with van der Waals surface area (Å²) in [7, 11) is 0. The number of benzene rings is 1. The molecule has 5 heterocycles. The Labute approximate surface area is 165 Å². The van der Waals surface area contributed by atoms with Crippen molar-refractivity contribution in [1.82, 2.24) is 28.5 Å². The van der Waals surface area contributed by atoms with E-state index in [1.807, 2.05) is 23.1 Å². The highest BCUT2D eigenvalue weighted by molar-refractivity contribution is 7.00. The van der Waals surface area contributed by atoms with Gasteiger partial charge in [0.2, 0.25) is 0 Å². The van der Waals surface area contributed by atoms with Gasteiger partial charge in [-0.15, -0.1) is 0 Å². The van der Waals surface area contributed by atoms with E-state index in [4.69, 9.17) is 0 Å². The Hall–Kier alpha value is -3.07. The highest BCUT2D eigenvalue weighted by Gasteiger charge is 2.44. The Morgan fingerprint density at radius 1 is 1.04 bits per heavy atom. The molecule has 0 saturated carbocycles. The fourth-order valence-electron chi connectivity index (χ4n) is 4.48. The van der Waals surface area contributed by atoms with Gasteiger partial charge in [0.1, 0.15) is 6.33 Å². The lowest BCUT2D eigenvalue weighted by molar-refractivity contribution is 0.640. The van der Waals surface area contributed by atoms with Gasteiger partial charge in [-0.05, 0) is 30.2 Å². The molecule has 0 unspecified atom stereocenters. The minimum absolute atomic E-state index is 0.444. The maximum atomic E-state index is 4.52. The number of hydrogen-bond acceptors (Lipinski definition) is 8. The molecule has 9 heteroatoms. The van der Waals surface area contributed by atoms with Gasteiger partial charge >= 0.3 is 0 Å². The van der Waals surface area contributed by atoms with Crippen LogP contribution in [0.3, 0.4) is 0 Å². The van der Waals surface area contributed by atoms with Crippen molar-refractivity contribution < 1.29 is 0 Å². The first-order valence-electron chi connectivity index (χ1n) is 9.38. The van der Waals surface area contributed by atoms with E-state index in [1.165, 1.54) is 23.0 Å². The molecule has 6 rings (SSSR count). The summed E-state index contributed by atoms with van der Waals surface area (Å²) in [6, 6.07) is 11.7. The van der Waals surface area contributed by atoms with Crippen LogP contribution in [0.2, 0.25) is 0 Å². The van der Waals surface area contributed by atoms with Crippen LogP contribution < -0.4 is 9.80 Å². The molecule has 0 spiro atoms. The fraction of sp³-hybridized carbons (Fsp3) is 0.316. The van der Waals surface area contributed by atoms with Gasteiger partial charge < -0.3 is 9.80 Å². The highest BCUT2D eigenvalue weighted by atomic mass is 32.1. The molecular formula is C19H18N8S. The van der Waals surface area contributed by atoms with E-state index in [0.717, 1.165) is 37.4 Å². The van der Waals surface area contributed by atoms with E-state index >= 15 is 0 Å². The molecular weight excluding hydrogens is 372 g/mol. The van der Waals surface area contributed by atoms with Crippen LogP contribution in [0, 0.1) is 0 Å². The first kappa shape index (κ1) is 15.9.